The Morgan fingerprint density at radius 2 is 2.00 bits per heavy atom. The highest BCUT2D eigenvalue weighted by atomic mass is 32.2. The third-order valence-electron chi connectivity index (χ3n) is 3.78. The maximum absolute atomic E-state index is 12.6. The number of nitrogen functional groups attached to an aromatic ring is 1. The van der Waals surface area contributed by atoms with Gasteiger partial charge >= 0.3 is 0 Å². The Hall–Kier alpha value is -1.11. The first-order valence-corrected chi connectivity index (χ1v) is 8.59. The smallest absolute Gasteiger partial charge is 0.218 e. The third-order valence-corrected chi connectivity index (χ3v) is 5.66. The highest BCUT2D eigenvalue weighted by Crippen LogP contribution is 2.23. The molecule has 1 atom stereocenters. The second-order valence-corrected chi connectivity index (χ2v) is 7.17. The Bertz CT molecular complexity index is 545. The van der Waals surface area contributed by atoms with Crippen LogP contribution in [-0.2, 0) is 15.8 Å². The van der Waals surface area contributed by atoms with Gasteiger partial charge in [0.25, 0.3) is 0 Å². The minimum atomic E-state index is -3.45. The van der Waals surface area contributed by atoms with Crippen molar-refractivity contribution in [2.75, 3.05) is 18.9 Å². The van der Waals surface area contributed by atoms with Gasteiger partial charge in [0.05, 0.1) is 12.4 Å². The summed E-state index contributed by atoms with van der Waals surface area (Å²) in [6.07, 6.45) is 3.54. The molecule has 0 aliphatic carbocycles. The summed E-state index contributed by atoms with van der Waals surface area (Å²) >= 11 is 0. The first kappa shape index (κ1) is 15.3. The fourth-order valence-electron chi connectivity index (χ4n) is 2.64. The fraction of sp³-hybridized carbons (Fsp3) is 0.571. The molecule has 20 heavy (non-hydrogen) atoms. The van der Waals surface area contributed by atoms with E-state index in [0.717, 1.165) is 25.7 Å². The molecule has 0 saturated carbocycles. The average Bonchev–Trinajstić information content (AvgIpc) is 2.66. The maximum Gasteiger partial charge on any atom is 0.218 e. The van der Waals surface area contributed by atoms with Crippen molar-refractivity contribution in [3.05, 3.63) is 29.8 Å². The number of sulfonamides is 1. The van der Waals surface area contributed by atoms with E-state index in [2.05, 4.69) is 0 Å². The van der Waals surface area contributed by atoms with Gasteiger partial charge in [0.1, 0.15) is 0 Å². The Labute approximate surface area is 120 Å². The summed E-state index contributed by atoms with van der Waals surface area (Å²) in [6.45, 7) is 0.365. The molecule has 0 spiro atoms. The van der Waals surface area contributed by atoms with Crippen molar-refractivity contribution < 1.29 is 13.5 Å². The summed E-state index contributed by atoms with van der Waals surface area (Å²) in [6, 6.07) is 6.71. The van der Waals surface area contributed by atoms with Crippen LogP contribution in [0.1, 0.15) is 31.2 Å². The normalized spacial score (nSPS) is 21.6. The second kappa shape index (κ2) is 6.56. The number of hydrogen-bond donors (Lipinski definition) is 2. The zero-order valence-corrected chi connectivity index (χ0v) is 12.3. The van der Waals surface area contributed by atoms with Gasteiger partial charge in [0.2, 0.25) is 10.0 Å². The van der Waals surface area contributed by atoms with Crippen LogP contribution in [0.3, 0.4) is 0 Å². The van der Waals surface area contributed by atoms with Gasteiger partial charge in [-0.2, -0.15) is 4.31 Å². The number of aliphatic hydroxyl groups excluding tert-OH is 1. The summed E-state index contributed by atoms with van der Waals surface area (Å²) < 4.78 is 26.6. The molecule has 0 amide bonds. The van der Waals surface area contributed by atoms with Crippen molar-refractivity contribution in [3.8, 4) is 0 Å². The molecule has 1 unspecified atom stereocenters. The molecule has 5 nitrogen and oxygen atoms in total. The number of benzene rings is 1. The van der Waals surface area contributed by atoms with Crippen molar-refractivity contribution in [2.24, 2.45) is 0 Å². The third kappa shape index (κ3) is 3.50. The van der Waals surface area contributed by atoms with Crippen LogP contribution in [0.15, 0.2) is 24.3 Å². The SMILES string of the molecule is Nc1ccccc1CS(=O)(=O)N1CCCCCC1CO. The zero-order chi connectivity index (χ0) is 14.6. The molecule has 1 aromatic rings. The van der Waals surface area contributed by atoms with Gasteiger partial charge in [-0.15, -0.1) is 0 Å². The van der Waals surface area contributed by atoms with E-state index in [0.29, 0.717) is 17.8 Å². The lowest BCUT2D eigenvalue weighted by Gasteiger charge is -2.27. The highest BCUT2D eigenvalue weighted by Gasteiger charge is 2.31. The molecule has 6 heteroatoms. The predicted molar refractivity (Wildman–Crippen MR) is 79.5 cm³/mol. The van der Waals surface area contributed by atoms with E-state index >= 15 is 0 Å². The van der Waals surface area contributed by atoms with Gasteiger partial charge < -0.3 is 10.8 Å². The molecule has 0 bridgehead atoms. The van der Waals surface area contributed by atoms with E-state index < -0.39 is 10.0 Å². The number of aliphatic hydroxyl groups is 1. The Morgan fingerprint density at radius 3 is 2.70 bits per heavy atom. The van der Waals surface area contributed by atoms with Gasteiger partial charge in [-0.3, -0.25) is 0 Å². The topological polar surface area (TPSA) is 83.6 Å². The molecule has 1 saturated heterocycles. The van der Waals surface area contributed by atoms with Gasteiger partial charge in [-0.05, 0) is 24.5 Å². The standard InChI is InChI=1S/C14H22N2O3S/c15-14-8-4-3-6-12(14)11-20(18,19)16-9-5-1-2-7-13(16)10-17/h3-4,6,8,13,17H,1-2,5,7,9-11,15H2. The molecule has 1 fully saturated rings. The summed E-state index contributed by atoms with van der Waals surface area (Å²) in [5.74, 6) is -0.101. The molecular weight excluding hydrogens is 276 g/mol. The monoisotopic (exact) mass is 298 g/mol. The van der Waals surface area contributed by atoms with Gasteiger partial charge in [0, 0.05) is 18.3 Å². The van der Waals surface area contributed by atoms with E-state index in [-0.39, 0.29) is 18.4 Å². The number of nitrogens with zero attached hydrogens (tertiary/aromatic N) is 1. The highest BCUT2D eigenvalue weighted by molar-refractivity contribution is 7.88. The molecule has 3 N–H and O–H groups in total. The van der Waals surface area contributed by atoms with E-state index in [1.165, 1.54) is 4.31 Å². The number of para-hydroxylation sites is 1. The van der Waals surface area contributed by atoms with Crippen LogP contribution >= 0.6 is 0 Å². The minimum absolute atomic E-state index is 0.101. The first-order chi connectivity index (χ1) is 9.54. The molecule has 1 aliphatic heterocycles. The molecule has 0 radical (unpaired) electrons. The minimum Gasteiger partial charge on any atom is -0.398 e. The van der Waals surface area contributed by atoms with Crippen molar-refractivity contribution in [2.45, 2.75) is 37.5 Å². The molecule has 2 rings (SSSR count). The van der Waals surface area contributed by atoms with E-state index in [1.54, 1.807) is 24.3 Å². The lowest BCUT2D eigenvalue weighted by atomic mass is 10.1. The lowest BCUT2D eigenvalue weighted by molar-refractivity contribution is 0.186. The lowest BCUT2D eigenvalue weighted by Crippen LogP contribution is -2.42. The van der Waals surface area contributed by atoms with Gasteiger partial charge in [-0.25, -0.2) is 8.42 Å². The Balaban J connectivity index is 2.22. The van der Waals surface area contributed by atoms with Crippen molar-refractivity contribution in [3.63, 3.8) is 0 Å². The molecule has 112 valence electrons. The second-order valence-electron chi connectivity index (χ2n) is 5.25. The van der Waals surface area contributed by atoms with Crippen molar-refractivity contribution in [1.82, 2.24) is 4.31 Å². The number of anilines is 1. The number of rotatable bonds is 4. The Kier molecular flexibility index (Phi) is 5.01. The quantitative estimate of drug-likeness (QED) is 0.822. The Morgan fingerprint density at radius 1 is 1.25 bits per heavy atom. The summed E-state index contributed by atoms with van der Waals surface area (Å²) in [4.78, 5) is 0. The molecule has 1 heterocycles. The van der Waals surface area contributed by atoms with Crippen LogP contribution in [0, 0.1) is 0 Å². The predicted octanol–water partition coefficient (Wildman–Crippen LogP) is 1.34. The summed E-state index contributed by atoms with van der Waals surface area (Å²) in [5, 5.41) is 9.44. The first-order valence-electron chi connectivity index (χ1n) is 6.98. The average molecular weight is 298 g/mol. The van der Waals surface area contributed by atoms with Crippen LogP contribution in [0.4, 0.5) is 5.69 Å². The summed E-state index contributed by atoms with van der Waals surface area (Å²) in [5.41, 5.74) is 6.93. The molecular formula is C14H22N2O3S. The molecule has 1 aromatic carbocycles. The van der Waals surface area contributed by atoms with Gasteiger partial charge in [-0.1, -0.05) is 31.0 Å². The maximum atomic E-state index is 12.6. The van der Waals surface area contributed by atoms with Crippen LogP contribution < -0.4 is 5.73 Å². The van der Waals surface area contributed by atoms with Crippen LogP contribution in [0.25, 0.3) is 0 Å². The van der Waals surface area contributed by atoms with Crippen molar-refractivity contribution in [1.29, 1.82) is 0 Å². The largest absolute Gasteiger partial charge is 0.398 e. The fourth-order valence-corrected chi connectivity index (χ4v) is 4.50. The van der Waals surface area contributed by atoms with Gasteiger partial charge in [0.15, 0.2) is 0 Å². The van der Waals surface area contributed by atoms with E-state index in [1.807, 2.05) is 0 Å². The molecule has 0 aromatic heterocycles. The van der Waals surface area contributed by atoms with Crippen LogP contribution in [0.2, 0.25) is 0 Å². The summed E-state index contributed by atoms with van der Waals surface area (Å²) in [7, 11) is -3.45. The zero-order valence-electron chi connectivity index (χ0n) is 11.5. The van der Waals surface area contributed by atoms with E-state index in [4.69, 9.17) is 5.73 Å². The van der Waals surface area contributed by atoms with Crippen LogP contribution in [-0.4, -0.2) is 37.0 Å². The number of nitrogens with two attached hydrogens (primary N) is 1. The molecule has 1 aliphatic rings. The number of hydrogen-bond acceptors (Lipinski definition) is 4. The van der Waals surface area contributed by atoms with Crippen LogP contribution in [0.5, 0.6) is 0 Å². The van der Waals surface area contributed by atoms with E-state index in [9.17, 15) is 13.5 Å². The van der Waals surface area contributed by atoms with Crippen molar-refractivity contribution >= 4 is 15.7 Å².